The van der Waals surface area contributed by atoms with E-state index in [0.717, 1.165) is 42.8 Å². The molecule has 0 bridgehead atoms. The Morgan fingerprint density at radius 2 is 1.76 bits per heavy atom. The Hall–Kier alpha value is -3.62. The average Bonchev–Trinajstić information content (AvgIpc) is 3.38. The van der Waals surface area contributed by atoms with Gasteiger partial charge in [-0.2, -0.15) is 5.21 Å². The predicted octanol–water partition coefficient (Wildman–Crippen LogP) is 4.84. The molecule has 4 rings (SSSR count). The molecule has 9 heteroatoms. The molecule has 2 N–H and O–H groups in total. The van der Waals surface area contributed by atoms with Crippen molar-refractivity contribution in [2.24, 2.45) is 11.3 Å². The van der Waals surface area contributed by atoms with E-state index >= 15 is 0 Å². The van der Waals surface area contributed by atoms with Crippen molar-refractivity contribution in [1.29, 1.82) is 0 Å². The lowest BCUT2D eigenvalue weighted by Gasteiger charge is -2.38. The van der Waals surface area contributed by atoms with Crippen molar-refractivity contribution in [2.45, 2.75) is 33.6 Å². The minimum atomic E-state index is -0.137. The van der Waals surface area contributed by atoms with E-state index < -0.39 is 0 Å². The zero-order chi connectivity index (χ0) is 24.3. The molecule has 0 atom stereocenters. The molecule has 1 aliphatic rings. The summed E-state index contributed by atoms with van der Waals surface area (Å²) in [7, 11) is 3.20. The Morgan fingerprint density at radius 3 is 2.32 bits per heavy atom. The quantitative estimate of drug-likeness (QED) is 0.560. The van der Waals surface area contributed by atoms with E-state index in [2.05, 4.69) is 46.7 Å². The molecule has 1 aliphatic heterocycles. The van der Waals surface area contributed by atoms with Gasteiger partial charge in [0.25, 0.3) is 0 Å². The van der Waals surface area contributed by atoms with Crippen molar-refractivity contribution >= 4 is 11.7 Å². The van der Waals surface area contributed by atoms with Gasteiger partial charge < -0.3 is 19.7 Å². The van der Waals surface area contributed by atoms with Crippen molar-refractivity contribution in [1.82, 2.24) is 25.5 Å². The van der Waals surface area contributed by atoms with E-state index in [1.54, 1.807) is 14.2 Å². The van der Waals surface area contributed by atoms with E-state index in [1.807, 2.05) is 41.3 Å². The fourth-order valence-corrected chi connectivity index (χ4v) is 4.54. The molecule has 0 spiro atoms. The number of carbonyl (C=O) groups is 1. The smallest absolute Gasteiger partial charge is 0.321 e. The Bertz CT molecular complexity index is 1110. The minimum Gasteiger partial charge on any atom is -0.497 e. The zero-order valence-corrected chi connectivity index (χ0v) is 20.4. The number of nitrogens with zero attached hydrogens (tertiary/aromatic N) is 4. The molecule has 180 valence electrons. The van der Waals surface area contributed by atoms with E-state index in [0.29, 0.717) is 28.7 Å². The summed E-state index contributed by atoms with van der Waals surface area (Å²) >= 11 is 0. The fraction of sp³-hybridized carbons (Fsp3) is 0.440. The van der Waals surface area contributed by atoms with Crippen molar-refractivity contribution in [3.63, 3.8) is 0 Å². The van der Waals surface area contributed by atoms with Crippen LogP contribution in [0.1, 0.15) is 33.6 Å². The van der Waals surface area contributed by atoms with Gasteiger partial charge in [-0.3, -0.25) is 0 Å². The SMILES string of the molecule is COc1ccc(-c2ccc(NC(=O)N3CCC(C(C)(C)C)CC3)c(OC)c2-c2nn[nH]n2)cc1. The number of hydrogen-bond acceptors (Lipinski definition) is 6. The van der Waals surface area contributed by atoms with Crippen LogP contribution in [0, 0.1) is 11.3 Å². The maximum absolute atomic E-state index is 13.1. The van der Waals surface area contributed by atoms with E-state index in [-0.39, 0.29) is 11.4 Å². The number of rotatable bonds is 5. The van der Waals surface area contributed by atoms with Crippen LogP contribution in [-0.2, 0) is 0 Å². The number of benzene rings is 2. The highest BCUT2D eigenvalue weighted by molar-refractivity contribution is 5.96. The Morgan fingerprint density at radius 1 is 1.06 bits per heavy atom. The third-order valence-electron chi connectivity index (χ3n) is 6.58. The third kappa shape index (κ3) is 4.83. The molecule has 0 saturated carbocycles. The summed E-state index contributed by atoms with van der Waals surface area (Å²) < 4.78 is 11.1. The summed E-state index contributed by atoms with van der Waals surface area (Å²) in [4.78, 5) is 15.0. The van der Waals surface area contributed by atoms with Gasteiger partial charge in [-0.15, -0.1) is 10.2 Å². The summed E-state index contributed by atoms with van der Waals surface area (Å²) in [5.74, 6) is 2.23. The lowest BCUT2D eigenvalue weighted by atomic mass is 9.75. The van der Waals surface area contributed by atoms with Gasteiger partial charge in [0.05, 0.1) is 25.5 Å². The number of carbonyl (C=O) groups excluding carboxylic acids is 1. The van der Waals surface area contributed by atoms with Gasteiger partial charge >= 0.3 is 6.03 Å². The molecular weight excluding hydrogens is 432 g/mol. The lowest BCUT2D eigenvalue weighted by Crippen LogP contribution is -2.43. The van der Waals surface area contributed by atoms with Crippen LogP contribution < -0.4 is 14.8 Å². The first-order valence-electron chi connectivity index (χ1n) is 11.5. The monoisotopic (exact) mass is 464 g/mol. The Labute approximate surface area is 199 Å². The van der Waals surface area contributed by atoms with Gasteiger partial charge in [0.2, 0.25) is 5.82 Å². The number of aromatic amines is 1. The highest BCUT2D eigenvalue weighted by Gasteiger charge is 2.31. The largest absolute Gasteiger partial charge is 0.497 e. The number of H-pyrrole nitrogens is 1. The number of hydrogen-bond donors (Lipinski definition) is 2. The number of amides is 2. The lowest BCUT2D eigenvalue weighted by molar-refractivity contribution is 0.128. The van der Waals surface area contributed by atoms with E-state index in [1.165, 1.54) is 0 Å². The molecule has 3 aromatic rings. The second kappa shape index (κ2) is 9.70. The number of likely N-dealkylation sites (tertiary alicyclic amines) is 1. The van der Waals surface area contributed by atoms with Crippen LogP contribution in [0.25, 0.3) is 22.5 Å². The van der Waals surface area contributed by atoms with Crippen molar-refractivity contribution in [3.8, 4) is 34.0 Å². The van der Waals surface area contributed by atoms with Crippen molar-refractivity contribution in [2.75, 3.05) is 32.6 Å². The summed E-state index contributed by atoms with van der Waals surface area (Å²) in [6, 6.07) is 11.3. The van der Waals surface area contributed by atoms with Crippen LogP contribution >= 0.6 is 0 Å². The number of tetrazole rings is 1. The molecule has 2 amide bonds. The molecule has 0 aliphatic carbocycles. The van der Waals surface area contributed by atoms with Gasteiger partial charge in [-0.1, -0.05) is 39.0 Å². The molecule has 9 nitrogen and oxygen atoms in total. The van der Waals surface area contributed by atoms with E-state index in [9.17, 15) is 4.79 Å². The highest BCUT2D eigenvalue weighted by Crippen LogP contribution is 2.43. The van der Waals surface area contributed by atoms with Crippen LogP contribution in [0.15, 0.2) is 36.4 Å². The molecular formula is C25H32N6O3. The molecule has 2 aromatic carbocycles. The zero-order valence-electron chi connectivity index (χ0n) is 20.4. The second-order valence-electron chi connectivity index (χ2n) is 9.59. The molecule has 0 radical (unpaired) electrons. The molecule has 34 heavy (non-hydrogen) atoms. The predicted molar refractivity (Wildman–Crippen MR) is 131 cm³/mol. The van der Waals surface area contributed by atoms with E-state index in [4.69, 9.17) is 9.47 Å². The Balaban J connectivity index is 1.64. The standard InChI is InChI=1S/C25H32N6O3/c1-25(2,3)17-12-14-31(15-13-17)24(32)26-20-11-10-19(16-6-8-18(33-4)9-7-16)21(22(20)34-5)23-27-29-30-28-23/h6-11,17H,12-15H2,1-5H3,(H,26,32)(H,27,28,29,30). The van der Waals surface area contributed by atoms with Crippen LogP contribution in [0.3, 0.4) is 0 Å². The maximum Gasteiger partial charge on any atom is 0.321 e. The number of urea groups is 1. The van der Waals surface area contributed by atoms with Crippen LogP contribution in [0.2, 0.25) is 0 Å². The third-order valence-corrected chi connectivity index (χ3v) is 6.58. The summed E-state index contributed by atoms with van der Waals surface area (Å²) in [5, 5.41) is 17.6. The van der Waals surface area contributed by atoms with Gasteiger partial charge in [-0.05, 0) is 58.7 Å². The molecule has 1 aromatic heterocycles. The first-order chi connectivity index (χ1) is 16.3. The molecule has 2 heterocycles. The number of nitrogens with one attached hydrogen (secondary N) is 2. The number of methoxy groups -OCH3 is 2. The number of aromatic nitrogens is 4. The van der Waals surface area contributed by atoms with Crippen molar-refractivity contribution in [3.05, 3.63) is 36.4 Å². The number of anilines is 1. The minimum absolute atomic E-state index is 0.137. The maximum atomic E-state index is 13.1. The van der Waals surface area contributed by atoms with Crippen LogP contribution in [0.4, 0.5) is 10.5 Å². The van der Waals surface area contributed by atoms with Crippen LogP contribution in [-0.4, -0.2) is 58.9 Å². The van der Waals surface area contributed by atoms with Crippen molar-refractivity contribution < 1.29 is 14.3 Å². The summed E-state index contributed by atoms with van der Waals surface area (Å²) in [6.07, 6.45) is 2.00. The normalized spacial score (nSPS) is 14.7. The topological polar surface area (TPSA) is 105 Å². The van der Waals surface area contributed by atoms with Gasteiger partial charge in [0.15, 0.2) is 5.75 Å². The second-order valence-corrected chi connectivity index (χ2v) is 9.59. The van der Waals surface area contributed by atoms with Gasteiger partial charge in [0, 0.05) is 13.1 Å². The van der Waals surface area contributed by atoms with Gasteiger partial charge in [-0.25, -0.2) is 4.79 Å². The number of ether oxygens (including phenoxy) is 2. The Kier molecular flexibility index (Phi) is 6.72. The first kappa shape index (κ1) is 23.5. The number of piperidine rings is 1. The van der Waals surface area contributed by atoms with Gasteiger partial charge in [0.1, 0.15) is 5.75 Å². The van der Waals surface area contributed by atoms with Crippen LogP contribution in [0.5, 0.6) is 11.5 Å². The molecule has 1 saturated heterocycles. The summed E-state index contributed by atoms with van der Waals surface area (Å²) in [5.41, 5.74) is 3.24. The first-order valence-corrected chi connectivity index (χ1v) is 11.5. The highest BCUT2D eigenvalue weighted by atomic mass is 16.5. The molecule has 1 fully saturated rings. The summed E-state index contributed by atoms with van der Waals surface area (Å²) in [6.45, 7) is 8.27. The average molecular weight is 465 g/mol. The molecule has 0 unspecified atom stereocenters. The fourth-order valence-electron chi connectivity index (χ4n) is 4.54.